The number of aryl methyl sites for hydroxylation is 3. The van der Waals surface area contributed by atoms with E-state index in [-0.39, 0.29) is 17.8 Å². The summed E-state index contributed by atoms with van der Waals surface area (Å²) in [5.41, 5.74) is 3.28. The van der Waals surface area contributed by atoms with Gasteiger partial charge in [-0.15, -0.1) is 0 Å². The second-order valence-electron chi connectivity index (χ2n) is 7.95. The van der Waals surface area contributed by atoms with Gasteiger partial charge in [0.05, 0.1) is 6.54 Å². The molecule has 0 atom stereocenters. The van der Waals surface area contributed by atoms with E-state index in [0.29, 0.717) is 22.9 Å². The third-order valence-electron chi connectivity index (χ3n) is 5.15. The van der Waals surface area contributed by atoms with E-state index < -0.39 is 0 Å². The van der Waals surface area contributed by atoms with Crippen LogP contribution in [-0.2, 0) is 20.1 Å². The van der Waals surface area contributed by atoms with E-state index in [9.17, 15) is 9.59 Å². The average molecular weight is 379 g/mol. The lowest BCUT2D eigenvalue weighted by atomic mass is 10.1. The van der Waals surface area contributed by atoms with Crippen LogP contribution in [0.1, 0.15) is 30.7 Å². The molecule has 0 amide bonds. The Hall–Kier alpha value is -3.09. The lowest BCUT2D eigenvalue weighted by Crippen LogP contribution is -2.39. The first-order chi connectivity index (χ1) is 13.3. The second kappa shape index (κ2) is 6.51. The van der Waals surface area contributed by atoms with Gasteiger partial charge in [-0.25, -0.2) is 4.79 Å². The SMILES string of the molecule is Cc1ccc(Cn2c(=O)c3c(nc4n(CC(C)C)c(C)cn34)n(C)c2=O)cc1. The summed E-state index contributed by atoms with van der Waals surface area (Å²) in [6.07, 6.45) is 1.93. The van der Waals surface area contributed by atoms with Crippen molar-refractivity contribution in [1.82, 2.24) is 23.1 Å². The van der Waals surface area contributed by atoms with Crippen LogP contribution in [-0.4, -0.2) is 23.1 Å². The van der Waals surface area contributed by atoms with E-state index in [0.717, 1.165) is 23.4 Å². The minimum absolute atomic E-state index is 0.237. The minimum Gasteiger partial charge on any atom is -0.314 e. The largest absolute Gasteiger partial charge is 0.332 e. The predicted octanol–water partition coefficient (Wildman–Crippen LogP) is 2.47. The van der Waals surface area contributed by atoms with Gasteiger partial charge in [-0.3, -0.25) is 18.3 Å². The third kappa shape index (κ3) is 2.78. The zero-order valence-electron chi connectivity index (χ0n) is 16.9. The summed E-state index contributed by atoms with van der Waals surface area (Å²) in [7, 11) is 1.67. The van der Waals surface area contributed by atoms with Crippen LogP contribution in [0.15, 0.2) is 40.1 Å². The molecule has 0 saturated carbocycles. The Bertz CT molecular complexity index is 1300. The van der Waals surface area contributed by atoms with Gasteiger partial charge in [-0.1, -0.05) is 43.7 Å². The van der Waals surface area contributed by atoms with Crippen molar-refractivity contribution in [3.05, 3.63) is 68.1 Å². The lowest BCUT2D eigenvalue weighted by molar-refractivity contribution is 0.524. The van der Waals surface area contributed by atoms with Crippen molar-refractivity contribution in [1.29, 1.82) is 0 Å². The van der Waals surface area contributed by atoms with Crippen LogP contribution in [0.2, 0.25) is 0 Å². The molecule has 0 bridgehead atoms. The lowest BCUT2D eigenvalue weighted by Gasteiger charge is -2.09. The maximum Gasteiger partial charge on any atom is 0.332 e. The first-order valence-corrected chi connectivity index (χ1v) is 9.51. The van der Waals surface area contributed by atoms with Crippen LogP contribution >= 0.6 is 0 Å². The van der Waals surface area contributed by atoms with Gasteiger partial charge in [0.1, 0.15) is 0 Å². The predicted molar refractivity (Wildman–Crippen MR) is 110 cm³/mol. The molecule has 0 aliphatic carbocycles. The van der Waals surface area contributed by atoms with E-state index in [1.54, 1.807) is 7.05 Å². The van der Waals surface area contributed by atoms with Crippen molar-refractivity contribution in [3.63, 3.8) is 0 Å². The molecule has 0 aliphatic heterocycles. The van der Waals surface area contributed by atoms with Crippen LogP contribution < -0.4 is 11.2 Å². The number of hydrogen-bond acceptors (Lipinski definition) is 3. The van der Waals surface area contributed by atoms with Crippen molar-refractivity contribution in [2.45, 2.75) is 40.8 Å². The molecule has 1 aromatic carbocycles. The first-order valence-electron chi connectivity index (χ1n) is 9.51. The minimum atomic E-state index is -0.356. The molecule has 0 aliphatic rings. The van der Waals surface area contributed by atoms with Gasteiger partial charge in [0.15, 0.2) is 11.2 Å². The average Bonchev–Trinajstić information content (AvgIpc) is 3.15. The number of hydrogen-bond donors (Lipinski definition) is 0. The molecule has 7 heteroatoms. The molecule has 0 radical (unpaired) electrons. The summed E-state index contributed by atoms with van der Waals surface area (Å²) in [5.74, 6) is 1.14. The van der Waals surface area contributed by atoms with Crippen molar-refractivity contribution in [3.8, 4) is 0 Å². The molecule has 0 unspecified atom stereocenters. The number of rotatable bonds is 4. The van der Waals surface area contributed by atoms with Crippen LogP contribution in [0, 0.1) is 19.8 Å². The Kier molecular flexibility index (Phi) is 4.25. The highest BCUT2D eigenvalue weighted by Gasteiger charge is 2.20. The molecule has 0 N–H and O–H groups in total. The number of nitrogens with zero attached hydrogens (tertiary/aromatic N) is 5. The number of imidazole rings is 2. The smallest absolute Gasteiger partial charge is 0.314 e. The first kappa shape index (κ1) is 18.3. The normalized spacial score (nSPS) is 11.9. The van der Waals surface area contributed by atoms with Gasteiger partial charge in [0.2, 0.25) is 5.78 Å². The van der Waals surface area contributed by atoms with E-state index in [2.05, 4.69) is 23.4 Å². The molecule has 4 aromatic rings. The summed E-state index contributed by atoms with van der Waals surface area (Å²) < 4.78 is 6.67. The monoisotopic (exact) mass is 379 g/mol. The number of fused-ring (bicyclic) bond motifs is 3. The molecule has 3 heterocycles. The molecule has 28 heavy (non-hydrogen) atoms. The fourth-order valence-corrected chi connectivity index (χ4v) is 3.66. The Labute approximate surface area is 162 Å². The molecule has 7 nitrogen and oxygen atoms in total. The molecule has 3 aromatic heterocycles. The summed E-state index contributed by atoms with van der Waals surface area (Å²) in [4.78, 5) is 30.8. The Morgan fingerprint density at radius 3 is 2.36 bits per heavy atom. The summed E-state index contributed by atoms with van der Waals surface area (Å²) >= 11 is 0. The third-order valence-corrected chi connectivity index (χ3v) is 5.15. The highest BCUT2D eigenvalue weighted by atomic mass is 16.2. The molecule has 0 spiro atoms. The summed E-state index contributed by atoms with van der Waals surface area (Å²) in [6.45, 7) is 9.34. The van der Waals surface area contributed by atoms with Gasteiger partial charge in [-0.05, 0) is 25.3 Å². The standard InChI is InChI=1S/C21H25N5O2/c1-13(2)10-24-15(4)11-25-17-18(22-20(24)25)23(5)21(28)26(19(17)27)12-16-8-6-14(3)7-9-16/h6-9,11,13H,10,12H2,1-5H3. The molecule has 0 fully saturated rings. The summed E-state index contributed by atoms with van der Waals surface area (Å²) in [6, 6.07) is 7.85. The number of benzene rings is 1. The zero-order valence-corrected chi connectivity index (χ0v) is 16.9. The molecular weight excluding hydrogens is 354 g/mol. The van der Waals surface area contributed by atoms with E-state index >= 15 is 0 Å². The topological polar surface area (TPSA) is 66.2 Å². The fourth-order valence-electron chi connectivity index (χ4n) is 3.66. The maximum absolute atomic E-state index is 13.3. The molecule has 0 saturated heterocycles. The summed E-state index contributed by atoms with van der Waals surface area (Å²) in [5, 5.41) is 0. The highest BCUT2D eigenvalue weighted by molar-refractivity contribution is 5.75. The molecule has 146 valence electrons. The van der Waals surface area contributed by atoms with E-state index in [1.165, 1.54) is 9.13 Å². The van der Waals surface area contributed by atoms with Crippen molar-refractivity contribution < 1.29 is 0 Å². The van der Waals surface area contributed by atoms with Gasteiger partial charge in [-0.2, -0.15) is 4.98 Å². The number of aromatic nitrogens is 5. The van der Waals surface area contributed by atoms with Crippen LogP contribution in [0.5, 0.6) is 0 Å². The molecular formula is C21H25N5O2. The van der Waals surface area contributed by atoms with Gasteiger partial charge in [0, 0.05) is 25.5 Å². The highest BCUT2D eigenvalue weighted by Crippen LogP contribution is 2.17. The quantitative estimate of drug-likeness (QED) is 0.547. The van der Waals surface area contributed by atoms with E-state index in [1.807, 2.05) is 48.7 Å². The Balaban J connectivity index is 1.98. The van der Waals surface area contributed by atoms with Crippen LogP contribution in [0.4, 0.5) is 0 Å². The zero-order chi connectivity index (χ0) is 20.2. The Morgan fingerprint density at radius 2 is 1.71 bits per heavy atom. The van der Waals surface area contributed by atoms with Gasteiger partial charge < -0.3 is 4.57 Å². The van der Waals surface area contributed by atoms with Crippen molar-refractivity contribution >= 4 is 16.9 Å². The van der Waals surface area contributed by atoms with Crippen LogP contribution in [0.25, 0.3) is 16.9 Å². The second-order valence-corrected chi connectivity index (χ2v) is 7.95. The van der Waals surface area contributed by atoms with Gasteiger partial charge >= 0.3 is 5.69 Å². The van der Waals surface area contributed by atoms with Crippen LogP contribution in [0.3, 0.4) is 0 Å². The fraction of sp³-hybridized carbons (Fsp3) is 0.381. The maximum atomic E-state index is 13.3. The van der Waals surface area contributed by atoms with Crippen molar-refractivity contribution in [2.24, 2.45) is 13.0 Å². The van der Waals surface area contributed by atoms with Crippen molar-refractivity contribution in [2.75, 3.05) is 0 Å². The van der Waals surface area contributed by atoms with E-state index in [4.69, 9.17) is 0 Å². The van der Waals surface area contributed by atoms with Gasteiger partial charge in [0.25, 0.3) is 5.56 Å². The Morgan fingerprint density at radius 1 is 1.04 bits per heavy atom. The molecule has 4 rings (SSSR count).